The summed E-state index contributed by atoms with van der Waals surface area (Å²) in [6, 6.07) is 10.8. The van der Waals surface area contributed by atoms with Crippen molar-refractivity contribution in [2.24, 2.45) is 0 Å². The van der Waals surface area contributed by atoms with Gasteiger partial charge in [-0.3, -0.25) is 0 Å². The highest BCUT2D eigenvalue weighted by Gasteiger charge is 2.12. The molecule has 0 radical (unpaired) electrons. The summed E-state index contributed by atoms with van der Waals surface area (Å²) in [5, 5.41) is 30.2. The van der Waals surface area contributed by atoms with E-state index in [4.69, 9.17) is 5.11 Å². The normalized spacial score (nSPS) is 12.8. The van der Waals surface area contributed by atoms with Gasteiger partial charge in [-0.25, -0.2) is 0 Å². The molecular weight excluding hydrogens is 216 g/mol. The zero-order valence-corrected chi connectivity index (χ0v) is 9.50. The van der Waals surface area contributed by atoms with E-state index in [9.17, 15) is 10.2 Å². The number of aliphatic hydroxyl groups excluding tert-OH is 2. The number of phenolic OH excluding ortho intramolecular Hbond substituents is 1. The lowest BCUT2D eigenvalue weighted by molar-refractivity contribution is 0.153. The first kappa shape index (κ1) is 11.9. The number of aromatic hydroxyl groups is 1. The molecule has 0 fully saturated rings. The predicted octanol–water partition coefficient (Wildman–Crippen LogP) is 2.35. The molecule has 3 heteroatoms. The fraction of sp³-hybridized carbons (Fsp3) is 0.286. The summed E-state index contributed by atoms with van der Waals surface area (Å²) < 4.78 is 0. The summed E-state index contributed by atoms with van der Waals surface area (Å²) in [5.41, 5.74) is 0.798. The Kier molecular flexibility index (Phi) is 3.61. The van der Waals surface area contributed by atoms with Crippen LogP contribution in [-0.2, 0) is 0 Å². The van der Waals surface area contributed by atoms with E-state index in [-0.39, 0.29) is 12.4 Å². The molecule has 0 aliphatic heterocycles. The van der Waals surface area contributed by atoms with Crippen molar-refractivity contribution in [3.05, 3.63) is 42.0 Å². The van der Waals surface area contributed by atoms with E-state index in [1.165, 1.54) is 0 Å². The van der Waals surface area contributed by atoms with Crippen molar-refractivity contribution in [3.8, 4) is 5.75 Å². The molecule has 0 amide bonds. The van der Waals surface area contributed by atoms with Crippen molar-refractivity contribution in [1.82, 2.24) is 0 Å². The predicted molar refractivity (Wildman–Crippen MR) is 66.9 cm³/mol. The topological polar surface area (TPSA) is 60.7 Å². The minimum absolute atomic E-state index is 0.0765. The van der Waals surface area contributed by atoms with E-state index < -0.39 is 6.10 Å². The van der Waals surface area contributed by atoms with Gasteiger partial charge in [0.1, 0.15) is 5.75 Å². The quantitative estimate of drug-likeness (QED) is 0.758. The molecule has 2 aromatic carbocycles. The van der Waals surface area contributed by atoms with Crippen molar-refractivity contribution < 1.29 is 15.3 Å². The second-order valence-corrected chi connectivity index (χ2v) is 4.10. The van der Waals surface area contributed by atoms with E-state index in [1.54, 1.807) is 12.1 Å². The van der Waals surface area contributed by atoms with Crippen LogP contribution in [0.2, 0.25) is 0 Å². The zero-order valence-electron chi connectivity index (χ0n) is 9.50. The number of hydrogen-bond donors (Lipinski definition) is 3. The Hall–Kier alpha value is -1.58. The van der Waals surface area contributed by atoms with Gasteiger partial charge in [-0.15, -0.1) is 0 Å². The van der Waals surface area contributed by atoms with Gasteiger partial charge >= 0.3 is 0 Å². The monoisotopic (exact) mass is 232 g/mol. The van der Waals surface area contributed by atoms with Crippen molar-refractivity contribution in [2.75, 3.05) is 6.61 Å². The molecule has 0 unspecified atom stereocenters. The van der Waals surface area contributed by atoms with Crippen molar-refractivity contribution in [1.29, 1.82) is 0 Å². The summed E-state index contributed by atoms with van der Waals surface area (Å²) in [5.74, 6) is 0.221. The molecule has 2 aromatic rings. The molecule has 2 rings (SSSR count). The molecule has 3 N–H and O–H groups in total. The van der Waals surface area contributed by atoms with Gasteiger partial charge in [0.2, 0.25) is 0 Å². The largest absolute Gasteiger partial charge is 0.507 e. The van der Waals surface area contributed by atoms with Gasteiger partial charge in [-0.2, -0.15) is 0 Å². The summed E-state index contributed by atoms with van der Waals surface area (Å²) in [6.45, 7) is 0.0765. The van der Waals surface area contributed by atoms with Crippen molar-refractivity contribution in [2.45, 2.75) is 18.9 Å². The molecule has 0 aliphatic carbocycles. The first-order valence-electron chi connectivity index (χ1n) is 5.73. The second-order valence-electron chi connectivity index (χ2n) is 4.10. The van der Waals surface area contributed by atoms with E-state index in [1.807, 2.05) is 24.3 Å². The minimum atomic E-state index is -0.604. The molecule has 90 valence electrons. The lowest BCUT2D eigenvalue weighted by atomic mass is 9.97. The third kappa shape index (κ3) is 2.40. The molecule has 0 saturated carbocycles. The molecule has 1 atom stereocenters. The average molecular weight is 232 g/mol. The number of benzene rings is 2. The fourth-order valence-corrected chi connectivity index (χ4v) is 2.04. The van der Waals surface area contributed by atoms with Crippen LogP contribution in [-0.4, -0.2) is 21.9 Å². The zero-order chi connectivity index (χ0) is 12.3. The molecule has 0 aromatic heterocycles. The van der Waals surface area contributed by atoms with Crippen LogP contribution in [0, 0.1) is 0 Å². The maximum atomic E-state index is 10.0. The molecule has 17 heavy (non-hydrogen) atoms. The van der Waals surface area contributed by atoms with E-state index in [0.29, 0.717) is 12.8 Å². The van der Waals surface area contributed by atoms with Crippen LogP contribution in [0.25, 0.3) is 10.8 Å². The maximum absolute atomic E-state index is 10.0. The number of fused-ring (bicyclic) bond motifs is 1. The minimum Gasteiger partial charge on any atom is -0.507 e. The van der Waals surface area contributed by atoms with Crippen LogP contribution in [0.3, 0.4) is 0 Å². The molecule has 0 spiro atoms. The van der Waals surface area contributed by atoms with Crippen molar-refractivity contribution in [3.63, 3.8) is 0 Å². The highest BCUT2D eigenvalue weighted by atomic mass is 16.3. The Balaban J connectivity index is 2.44. The average Bonchev–Trinajstić information content (AvgIpc) is 2.37. The highest BCUT2D eigenvalue weighted by Crippen LogP contribution is 2.32. The smallest absolute Gasteiger partial charge is 0.123 e. The van der Waals surface area contributed by atoms with Gasteiger partial charge in [-0.1, -0.05) is 30.3 Å². The molecule has 0 aliphatic rings. The first-order chi connectivity index (χ1) is 8.24. The number of phenols is 1. The third-order valence-electron chi connectivity index (χ3n) is 2.93. The van der Waals surface area contributed by atoms with Gasteiger partial charge < -0.3 is 15.3 Å². The van der Waals surface area contributed by atoms with E-state index >= 15 is 0 Å². The van der Waals surface area contributed by atoms with Crippen LogP contribution >= 0.6 is 0 Å². The Bertz CT molecular complexity index is 508. The molecule has 0 bridgehead atoms. The summed E-state index contributed by atoms with van der Waals surface area (Å²) in [4.78, 5) is 0. The Morgan fingerprint density at radius 3 is 2.41 bits per heavy atom. The summed E-state index contributed by atoms with van der Waals surface area (Å²) in [6.07, 6.45) is 0.481. The van der Waals surface area contributed by atoms with Gasteiger partial charge in [0.05, 0.1) is 6.10 Å². The van der Waals surface area contributed by atoms with Crippen LogP contribution in [0.4, 0.5) is 0 Å². The standard InChI is InChI=1S/C14H16O3/c15-9-3-6-13(16)12-7-8-14(17)11-5-2-1-4-10(11)12/h1-2,4-5,7-8,13,15-17H,3,6,9H2/t13-/m0/s1. The Labute approximate surface area is 100.0 Å². The van der Waals surface area contributed by atoms with Gasteiger partial charge in [0, 0.05) is 12.0 Å². The second kappa shape index (κ2) is 5.17. The van der Waals surface area contributed by atoms with Gasteiger partial charge in [0.15, 0.2) is 0 Å². The van der Waals surface area contributed by atoms with Crippen molar-refractivity contribution >= 4 is 10.8 Å². The maximum Gasteiger partial charge on any atom is 0.123 e. The Morgan fingerprint density at radius 2 is 1.71 bits per heavy atom. The molecule has 0 heterocycles. The lowest BCUT2D eigenvalue weighted by Gasteiger charge is -2.14. The van der Waals surface area contributed by atoms with E-state index in [0.717, 1.165) is 16.3 Å². The van der Waals surface area contributed by atoms with Crippen LogP contribution in [0.5, 0.6) is 5.75 Å². The molecule has 0 saturated heterocycles. The summed E-state index contributed by atoms with van der Waals surface area (Å²) in [7, 11) is 0. The van der Waals surface area contributed by atoms with Gasteiger partial charge in [-0.05, 0) is 29.9 Å². The van der Waals surface area contributed by atoms with Crippen LogP contribution in [0.1, 0.15) is 24.5 Å². The molecular formula is C14H16O3. The highest BCUT2D eigenvalue weighted by molar-refractivity contribution is 5.91. The first-order valence-corrected chi connectivity index (χ1v) is 5.73. The number of rotatable bonds is 4. The van der Waals surface area contributed by atoms with Crippen LogP contribution < -0.4 is 0 Å². The summed E-state index contributed by atoms with van der Waals surface area (Å²) >= 11 is 0. The lowest BCUT2D eigenvalue weighted by Crippen LogP contribution is -1.99. The van der Waals surface area contributed by atoms with E-state index in [2.05, 4.69) is 0 Å². The number of hydrogen-bond acceptors (Lipinski definition) is 3. The fourth-order valence-electron chi connectivity index (χ4n) is 2.04. The Morgan fingerprint density at radius 1 is 1.00 bits per heavy atom. The third-order valence-corrected chi connectivity index (χ3v) is 2.93. The van der Waals surface area contributed by atoms with Gasteiger partial charge in [0.25, 0.3) is 0 Å². The number of aliphatic hydroxyl groups is 2. The molecule has 3 nitrogen and oxygen atoms in total. The van der Waals surface area contributed by atoms with Crippen LogP contribution in [0.15, 0.2) is 36.4 Å². The SMILES string of the molecule is OCCC[C@H](O)c1ccc(O)c2ccccc12.